The second-order valence-electron chi connectivity index (χ2n) is 4.21. The molecule has 0 radical (unpaired) electrons. The first-order chi connectivity index (χ1) is 9.77. The molecule has 0 saturated heterocycles. The molecule has 0 heterocycles. The number of nitrogens with zero attached hydrogens (tertiary/aromatic N) is 1. The summed E-state index contributed by atoms with van der Waals surface area (Å²) in [4.78, 5) is 11.7. The zero-order chi connectivity index (χ0) is 15.6. The summed E-state index contributed by atoms with van der Waals surface area (Å²) in [6, 6.07) is 11.2. The summed E-state index contributed by atoms with van der Waals surface area (Å²) in [5, 5.41) is 11.1. The summed E-state index contributed by atoms with van der Waals surface area (Å²) in [7, 11) is -3.47. The van der Waals surface area contributed by atoms with Crippen LogP contribution < -0.4 is 0 Å². The summed E-state index contributed by atoms with van der Waals surface area (Å²) in [6.07, 6.45) is 1.02. The van der Waals surface area contributed by atoms with Crippen molar-refractivity contribution < 1.29 is 13.3 Å². The van der Waals surface area contributed by atoms with Crippen molar-refractivity contribution in [3.63, 3.8) is 0 Å². The monoisotopic (exact) mass is 387 g/mol. The number of nitro benzene ring substituents is 1. The van der Waals surface area contributed by atoms with Gasteiger partial charge in [-0.2, -0.15) is 0 Å². The Hall–Kier alpha value is -1.38. The second-order valence-corrected chi connectivity index (χ2v) is 8.26. The highest BCUT2D eigenvalue weighted by molar-refractivity contribution is 9.10. The summed E-state index contributed by atoms with van der Waals surface area (Å²) in [6.45, 7) is 0. The first-order valence-corrected chi connectivity index (χ1v) is 9.19. The lowest BCUT2D eigenvalue weighted by atomic mass is 10.3. The van der Waals surface area contributed by atoms with Gasteiger partial charge in [-0.1, -0.05) is 27.7 Å². The molecule has 0 atom stereocenters. The van der Waals surface area contributed by atoms with E-state index in [1.165, 1.54) is 23.9 Å². The highest BCUT2D eigenvalue weighted by atomic mass is 79.9. The molecule has 0 spiro atoms. The SMILES string of the molecule is CS(=O)(=O)c1ccc(Sc2ccc(Br)cc2)c([N+](=O)[O-])c1. The van der Waals surface area contributed by atoms with Gasteiger partial charge < -0.3 is 0 Å². The highest BCUT2D eigenvalue weighted by Gasteiger charge is 2.19. The van der Waals surface area contributed by atoms with Gasteiger partial charge in [0.1, 0.15) is 0 Å². The van der Waals surface area contributed by atoms with E-state index in [2.05, 4.69) is 15.9 Å². The molecule has 21 heavy (non-hydrogen) atoms. The zero-order valence-electron chi connectivity index (χ0n) is 10.8. The van der Waals surface area contributed by atoms with Crippen LogP contribution in [-0.2, 0) is 9.84 Å². The molecule has 0 amide bonds. The van der Waals surface area contributed by atoms with E-state index in [1.54, 1.807) is 0 Å². The van der Waals surface area contributed by atoms with E-state index in [4.69, 9.17) is 0 Å². The van der Waals surface area contributed by atoms with Crippen LogP contribution in [-0.4, -0.2) is 19.6 Å². The number of rotatable bonds is 4. The Morgan fingerprint density at radius 3 is 2.29 bits per heavy atom. The van der Waals surface area contributed by atoms with Gasteiger partial charge in [-0.3, -0.25) is 10.1 Å². The fourth-order valence-corrected chi connectivity index (χ4v) is 3.39. The summed E-state index contributed by atoms with van der Waals surface area (Å²) < 4.78 is 23.9. The van der Waals surface area contributed by atoms with Crippen molar-refractivity contribution in [1.29, 1.82) is 0 Å². The van der Waals surface area contributed by atoms with Crippen molar-refractivity contribution in [2.75, 3.05) is 6.26 Å². The molecule has 0 aromatic heterocycles. The maximum atomic E-state index is 11.5. The predicted octanol–water partition coefficient (Wildman–Crippen LogP) is 3.91. The van der Waals surface area contributed by atoms with Crippen LogP contribution in [0.5, 0.6) is 0 Å². The van der Waals surface area contributed by atoms with Gasteiger partial charge in [-0.15, -0.1) is 0 Å². The van der Waals surface area contributed by atoms with E-state index < -0.39 is 14.8 Å². The average molecular weight is 388 g/mol. The molecular formula is C13H10BrNO4S2. The molecule has 0 aliphatic heterocycles. The Balaban J connectivity index is 2.44. The second kappa shape index (κ2) is 6.17. The predicted molar refractivity (Wildman–Crippen MR) is 84.5 cm³/mol. The van der Waals surface area contributed by atoms with Crippen molar-refractivity contribution in [3.8, 4) is 0 Å². The molecular weight excluding hydrogens is 378 g/mol. The van der Waals surface area contributed by atoms with Crippen LogP contribution >= 0.6 is 27.7 Å². The lowest BCUT2D eigenvalue weighted by Crippen LogP contribution is -1.99. The Kier molecular flexibility index (Phi) is 4.70. The molecule has 0 unspecified atom stereocenters. The number of nitro groups is 1. The van der Waals surface area contributed by atoms with E-state index in [9.17, 15) is 18.5 Å². The van der Waals surface area contributed by atoms with Gasteiger partial charge in [0.25, 0.3) is 5.69 Å². The van der Waals surface area contributed by atoms with Crippen LogP contribution in [0.3, 0.4) is 0 Å². The van der Waals surface area contributed by atoms with Crippen molar-refractivity contribution in [3.05, 3.63) is 57.1 Å². The number of sulfone groups is 1. The van der Waals surface area contributed by atoms with Gasteiger partial charge in [0.15, 0.2) is 9.84 Å². The minimum absolute atomic E-state index is 0.0608. The zero-order valence-corrected chi connectivity index (χ0v) is 14.0. The van der Waals surface area contributed by atoms with Gasteiger partial charge in [-0.05, 0) is 36.4 Å². The minimum atomic E-state index is -3.47. The van der Waals surface area contributed by atoms with E-state index in [1.807, 2.05) is 24.3 Å². The largest absolute Gasteiger partial charge is 0.284 e. The molecule has 0 N–H and O–H groups in total. The molecule has 0 aliphatic rings. The fourth-order valence-electron chi connectivity index (χ4n) is 1.59. The van der Waals surface area contributed by atoms with Gasteiger partial charge in [0.05, 0.1) is 14.7 Å². The van der Waals surface area contributed by atoms with Crippen molar-refractivity contribution in [2.24, 2.45) is 0 Å². The average Bonchev–Trinajstić information content (AvgIpc) is 2.40. The Bertz CT molecular complexity index is 788. The molecule has 110 valence electrons. The van der Waals surface area contributed by atoms with Crippen LogP contribution in [0, 0.1) is 10.1 Å². The molecule has 0 aliphatic carbocycles. The van der Waals surface area contributed by atoms with Gasteiger partial charge >= 0.3 is 0 Å². The lowest BCUT2D eigenvalue weighted by Gasteiger charge is -2.05. The standard InChI is InChI=1S/C13H10BrNO4S2/c1-21(18,19)11-6-7-13(12(8-11)15(16)17)20-10-4-2-9(14)3-5-10/h2-8H,1H3. The summed E-state index contributed by atoms with van der Waals surface area (Å²) in [5.74, 6) is 0. The van der Waals surface area contributed by atoms with Crippen LogP contribution in [0.1, 0.15) is 0 Å². The Morgan fingerprint density at radius 2 is 1.76 bits per heavy atom. The lowest BCUT2D eigenvalue weighted by molar-refractivity contribution is -0.388. The maximum Gasteiger partial charge on any atom is 0.284 e. The van der Waals surface area contributed by atoms with E-state index >= 15 is 0 Å². The van der Waals surface area contributed by atoms with Crippen LogP contribution in [0.25, 0.3) is 0 Å². The summed E-state index contributed by atoms with van der Waals surface area (Å²) >= 11 is 4.53. The van der Waals surface area contributed by atoms with Crippen LogP contribution in [0.15, 0.2) is 61.6 Å². The Morgan fingerprint density at radius 1 is 1.14 bits per heavy atom. The first kappa shape index (κ1) is 16.0. The first-order valence-electron chi connectivity index (χ1n) is 5.69. The third kappa shape index (κ3) is 4.05. The van der Waals surface area contributed by atoms with Gasteiger partial charge in [0, 0.05) is 21.7 Å². The van der Waals surface area contributed by atoms with Crippen molar-refractivity contribution in [2.45, 2.75) is 14.7 Å². The van der Waals surface area contributed by atoms with Crippen molar-refractivity contribution in [1.82, 2.24) is 0 Å². The van der Waals surface area contributed by atoms with E-state index in [0.717, 1.165) is 21.7 Å². The smallest absolute Gasteiger partial charge is 0.258 e. The van der Waals surface area contributed by atoms with Crippen molar-refractivity contribution >= 4 is 43.2 Å². The molecule has 2 aromatic carbocycles. The number of hydrogen-bond acceptors (Lipinski definition) is 5. The Labute approximate surface area is 134 Å². The van der Waals surface area contributed by atoms with Crippen LogP contribution in [0.2, 0.25) is 0 Å². The summed E-state index contributed by atoms with van der Waals surface area (Å²) in [5.41, 5.74) is -0.217. The quantitative estimate of drug-likeness (QED) is 0.586. The molecule has 2 rings (SSSR count). The normalized spacial score (nSPS) is 11.3. The molecule has 0 fully saturated rings. The third-order valence-electron chi connectivity index (χ3n) is 2.60. The molecule has 8 heteroatoms. The highest BCUT2D eigenvalue weighted by Crippen LogP contribution is 2.36. The fraction of sp³-hybridized carbons (Fsp3) is 0.0769. The van der Waals surface area contributed by atoms with E-state index in [0.29, 0.717) is 4.90 Å². The molecule has 2 aromatic rings. The number of benzene rings is 2. The molecule has 0 saturated carbocycles. The van der Waals surface area contributed by atoms with Gasteiger partial charge in [-0.25, -0.2) is 8.42 Å². The topological polar surface area (TPSA) is 77.3 Å². The minimum Gasteiger partial charge on any atom is -0.258 e. The maximum absolute atomic E-state index is 11.5. The third-order valence-corrected chi connectivity index (χ3v) is 5.31. The molecule has 0 bridgehead atoms. The molecule has 5 nitrogen and oxygen atoms in total. The number of hydrogen-bond donors (Lipinski definition) is 0. The number of halogens is 1. The van der Waals surface area contributed by atoms with Gasteiger partial charge in [0.2, 0.25) is 0 Å². The van der Waals surface area contributed by atoms with E-state index in [-0.39, 0.29) is 10.6 Å². The van der Waals surface area contributed by atoms with Crippen LogP contribution in [0.4, 0.5) is 5.69 Å².